The van der Waals surface area contributed by atoms with Crippen LogP contribution in [0.1, 0.15) is 361 Å². The third-order valence-corrected chi connectivity index (χ3v) is 16.8. The Morgan fingerprint density at radius 1 is 0.250 bits per heavy atom. The van der Waals surface area contributed by atoms with Gasteiger partial charge in [0, 0.05) is 12.8 Å². The van der Waals surface area contributed by atoms with Crippen LogP contribution in [0.3, 0.4) is 0 Å². The van der Waals surface area contributed by atoms with Crippen molar-refractivity contribution in [1.82, 2.24) is 0 Å². The lowest BCUT2D eigenvalue weighted by Gasteiger charge is -2.15. The Morgan fingerprint density at radius 3 is 0.652 bits per heavy atom. The second-order valence-electron chi connectivity index (χ2n) is 25.7. The minimum Gasteiger partial charge on any atom is -0.462 e. The SMILES string of the molecule is CC/C=C\C/C=C\C/C=C\C/C=C\C/C=C\C/C=C\C/C=C\CCCCCCCCCCCCCCCCCCCC(=O)OC(CO)COC(=O)CCCCCCCCCCCCCCCCCCCCCC/C=C\C/C=C\C/C=C\C/C=C\C/C=C\C/C=C\CC. The molecule has 0 bridgehead atoms. The number of carbonyl (C=O) groups excluding carboxylic acids is 2. The lowest BCUT2D eigenvalue weighted by Crippen LogP contribution is -2.28. The Labute approximate surface area is 571 Å². The second-order valence-corrected chi connectivity index (χ2v) is 25.7. The smallest absolute Gasteiger partial charge is 0.306 e. The van der Waals surface area contributed by atoms with E-state index in [1.165, 1.54) is 212 Å². The Balaban J connectivity index is 3.45. The van der Waals surface area contributed by atoms with E-state index in [4.69, 9.17) is 9.47 Å². The molecular weight excluding hydrogens is 1120 g/mol. The number of aliphatic hydroxyl groups is 1. The molecule has 0 aromatic carbocycles. The lowest BCUT2D eigenvalue weighted by molar-refractivity contribution is -0.161. The normalized spacial score (nSPS) is 13.1. The van der Waals surface area contributed by atoms with E-state index in [0.29, 0.717) is 12.8 Å². The zero-order chi connectivity index (χ0) is 66.1. The van der Waals surface area contributed by atoms with E-state index in [0.717, 1.165) is 122 Å². The van der Waals surface area contributed by atoms with Gasteiger partial charge in [-0.15, -0.1) is 0 Å². The summed E-state index contributed by atoms with van der Waals surface area (Å²) in [6, 6.07) is 0. The van der Waals surface area contributed by atoms with Gasteiger partial charge < -0.3 is 14.6 Å². The van der Waals surface area contributed by atoms with Crippen LogP contribution in [0.4, 0.5) is 0 Å². The highest BCUT2D eigenvalue weighted by Crippen LogP contribution is 2.18. The molecule has 0 saturated carbocycles. The van der Waals surface area contributed by atoms with E-state index in [2.05, 4.69) is 172 Å². The highest BCUT2D eigenvalue weighted by Gasteiger charge is 2.16. The number of unbranched alkanes of at least 4 members (excludes halogenated alkanes) is 37. The van der Waals surface area contributed by atoms with Gasteiger partial charge in [0.1, 0.15) is 6.61 Å². The first-order chi connectivity index (χ1) is 45.6. The van der Waals surface area contributed by atoms with Crippen molar-refractivity contribution in [3.63, 3.8) is 0 Å². The molecule has 0 radical (unpaired) electrons. The van der Waals surface area contributed by atoms with Gasteiger partial charge in [0.15, 0.2) is 6.10 Å². The first kappa shape index (κ1) is 87.5. The molecule has 1 atom stereocenters. The van der Waals surface area contributed by atoms with Gasteiger partial charge >= 0.3 is 11.9 Å². The van der Waals surface area contributed by atoms with Crippen LogP contribution in [0.25, 0.3) is 0 Å². The van der Waals surface area contributed by atoms with Crippen LogP contribution in [0.5, 0.6) is 0 Å². The molecule has 5 nitrogen and oxygen atoms in total. The van der Waals surface area contributed by atoms with Crippen LogP contribution >= 0.6 is 0 Å². The average Bonchev–Trinajstić information content (AvgIpc) is 3.75. The van der Waals surface area contributed by atoms with E-state index in [1.54, 1.807) is 0 Å². The highest BCUT2D eigenvalue weighted by molar-refractivity contribution is 5.70. The van der Waals surface area contributed by atoms with Crippen molar-refractivity contribution in [3.8, 4) is 0 Å². The second kappa shape index (κ2) is 80.8. The van der Waals surface area contributed by atoms with Gasteiger partial charge in [-0.3, -0.25) is 9.59 Å². The predicted octanol–water partition coefficient (Wildman–Crippen LogP) is 27.8. The van der Waals surface area contributed by atoms with Gasteiger partial charge in [-0.1, -0.05) is 384 Å². The highest BCUT2D eigenvalue weighted by atomic mass is 16.6. The number of hydrogen-bond donors (Lipinski definition) is 1. The van der Waals surface area contributed by atoms with Gasteiger partial charge in [0.05, 0.1) is 6.61 Å². The van der Waals surface area contributed by atoms with Gasteiger partial charge in [-0.25, -0.2) is 0 Å². The molecule has 0 amide bonds. The van der Waals surface area contributed by atoms with Gasteiger partial charge in [-0.2, -0.15) is 0 Å². The van der Waals surface area contributed by atoms with Crippen LogP contribution in [0, 0.1) is 0 Å². The fraction of sp³-hybridized carbons (Fsp3) is 0.678. The standard InChI is InChI=1S/C87H146O5/c1-3-5-7-9-11-13-15-17-19-21-23-25-27-29-31-33-35-37-39-41-43-45-47-49-51-53-55-57-59-61-63-65-67-69-71-73-75-77-79-81-86(89)91-84-85(83-88)92-87(90)82-80-78-76-74-72-70-68-66-64-62-60-58-56-54-52-50-48-46-44-42-40-38-36-34-32-30-28-26-24-22-20-18-16-14-12-10-8-6-4-2/h5-8,11-14,17-20,23-26,29-32,35-38,42,44,85,88H,3-4,9-10,15-16,21-22,27-28,33-34,39-41,43,45-84H2,1-2H3/b7-5-,8-6-,13-11-,14-12-,19-17-,20-18-,25-23-,26-24-,31-29-,32-30-,37-35-,38-36-,44-42-. The topological polar surface area (TPSA) is 72.8 Å². The number of rotatable bonds is 71. The third kappa shape index (κ3) is 78.0. The number of esters is 2. The Bertz CT molecular complexity index is 1930. The zero-order valence-corrected chi connectivity index (χ0v) is 60.3. The van der Waals surface area contributed by atoms with Crippen molar-refractivity contribution in [2.24, 2.45) is 0 Å². The molecular formula is C87H146O5. The molecule has 0 aliphatic carbocycles. The fourth-order valence-electron chi connectivity index (χ4n) is 11.1. The van der Waals surface area contributed by atoms with Crippen molar-refractivity contribution in [2.45, 2.75) is 367 Å². The van der Waals surface area contributed by atoms with E-state index in [1.807, 2.05) is 0 Å². The maximum Gasteiger partial charge on any atom is 0.306 e. The van der Waals surface area contributed by atoms with Gasteiger partial charge in [-0.05, 0) is 122 Å². The summed E-state index contributed by atoms with van der Waals surface area (Å²) in [5, 5.41) is 9.73. The number of allylic oxidation sites excluding steroid dienone is 26. The Kier molecular flexibility index (Phi) is 76.8. The molecule has 1 N–H and O–H groups in total. The molecule has 5 heteroatoms. The fourth-order valence-corrected chi connectivity index (χ4v) is 11.1. The molecule has 524 valence electrons. The summed E-state index contributed by atoms with van der Waals surface area (Å²) >= 11 is 0. The summed E-state index contributed by atoms with van der Waals surface area (Å²) in [7, 11) is 0. The van der Waals surface area contributed by atoms with Gasteiger partial charge in [0.25, 0.3) is 0 Å². The minimum atomic E-state index is -0.780. The molecule has 0 aromatic heterocycles. The Morgan fingerprint density at radius 2 is 0.435 bits per heavy atom. The molecule has 92 heavy (non-hydrogen) atoms. The van der Waals surface area contributed by atoms with Crippen LogP contribution < -0.4 is 0 Å². The van der Waals surface area contributed by atoms with Crippen LogP contribution in [-0.2, 0) is 19.1 Å². The molecule has 0 heterocycles. The molecule has 0 fully saturated rings. The van der Waals surface area contributed by atoms with E-state index < -0.39 is 6.10 Å². The molecule has 0 aliphatic rings. The minimum absolute atomic E-state index is 0.0675. The summed E-state index contributed by atoms with van der Waals surface area (Å²) < 4.78 is 10.8. The summed E-state index contributed by atoms with van der Waals surface area (Å²) in [6.45, 7) is 3.94. The average molecular weight is 1270 g/mol. The van der Waals surface area contributed by atoms with Crippen molar-refractivity contribution < 1.29 is 24.2 Å². The number of carbonyl (C=O) groups is 2. The molecule has 0 aromatic rings. The zero-order valence-electron chi connectivity index (χ0n) is 60.3. The number of ether oxygens (including phenoxy) is 2. The quantitative estimate of drug-likeness (QED) is 0.0373. The maximum absolute atomic E-state index is 12.4. The van der Waals surface area contributed by atoms with Crippen molar-refractivity contribution in [2.75, 3.05) is 13.2 Å². The van der Waals surface area contributed by atoms with Crippen LogP contribution in [0.2, 0.25) is 0 Å². The third-order valence-electron chi connectivity index (χ3n) is 16.8. The summed E-state index contributed by atoms with van der Waals surface area (Å²) in [4.78, 5) is 24.7. The summed E-state index contributed by atoms with van der Waals surface area (Å²) in [5.41, 5.74) is 0. The maximum atomic E-state index is 12.4. The first-order valence-corrected chi connectivity index (χ1v) is 39.0. The van der Waals surface area contributed by atoms with E-state index in [9.17, 15) is 14.7 Å². The van der Waals surface area contributed by atoms with Crippen molar-refractivity contribution in [1.29, 1.82) is 0 Å². The van der Waals surface area contributed by atoms with Crippen LogP contribution in [-0.4, -0.2) is 36.4 Å². The molecule has 0 spiro atoms. The number of aliphatic hydroxyl groups excluding tert-OH is 1. The molecule has 0 rings (SSSR count). The van der Waals surface area contributed by atoms with E-state index in [-0.39, 0.29) is 25.2 Å². The first-order valence-electron chi connectivity index (χ1n) is 39.0. The summed E-state index contributed by atoms with van der Waals surface area (Å²) in [5.74, 6) is -0.579. The molecule has 0 aliphatic heterocycles. The molecule has 0 saturated heterocycles. The van der Waals surface area contributed by atoms with E-state index >= 15 is 0 Å². The molecule has 1 unspecified atom stereocenters. The Hall–Kier alpha value is -4.48. The van der Waals surface area contributed by atoms with Crippen molar-refractivity contribution in [3.05, 3.63) is 158 Å². The predicted molar refractivity (Wildman–Crippen MR) is 407 cm³/mol. The largest absolute Gasteiger partial charge is 0.462 e. The number of hydrogen-bond acceptors (Lipinski definition) is 5. The lowest BCUT2D eigenvalue weighted by atomic mass is 10.0. The summed E-state index contributed by atoms with van der Waals surface area (Å²) in [6.07, 6.45) is 123. The van der Waals surface area contributed by atoms with Crippen molar-refractivity contribution >= 4 is 11.9 Å². The van der Waals surface area contributed by atoms with Crippen LogP contribution in [0.15, 0.2) is 158 Å². The monoisotopic (exact) mass is 1270 g/mol. The van der Waals surface area contributed by atoms with Gasteiger partial charge in [0.2, 0.25) is 0 Å².